The van der Waals surface area contributed by atoms with E-state index in [0.717, 1.165) is 31.4 Å². The molecule has 0 bridgehead atoms. The fraction of sp³-hybridized carbons (Fsp3) is 0.611. The van der Waals surface area contributed by atoms with Crippen LogP contribution in [0.25, 0.3) is 0 Å². The molecule has 1 amide bonds. The molecule has 0 saturated heterocycles. The van der Waals surface area contributed by atoms with Crippen molar-refractivity contribution < 1.29 is 4.79 Å². The Kier molecular flexibility index (Phi) is 4.59. The number of carbonyl (C=O) groups is 1. The molecule has 0 spiro atoms. The second-order valence-electron chi connectivity index (χ2n) is 6.42. The highest BCUT2D eigenvalue weighted by Gasteiger charge is 2.22. The number of benzene rings is 1. The maximum absolute atomic E-state index is 12.4. The van der Waals surface area contributed by atoms with Crippen molar-refractivity contribution in [3.8, 4) is 0 Å². The average Bonchev–Trinajstić information content (AvgIpc) is 2.97. The molecule has 2 aliphatic carbocycles. The van der Waals surface area contributed by atoms with Gasteiger partial charge in [0.2, 0.25) is 0 Å². The lowest BCUT2D eigenvalue weighted by molar-refractivity contribution is 0.0924. The van der Waals surface area contributed by atoms with Gasteiger partial charge in [-0.15, -0.1) is 0 Å². The second kappa shape index (κ2) is 6.61. The summed E-state index contributed by atoms with van der Waals surface area (Å²) in [5.41, 5.74) is 3.64. The van der Waals surface area contributed by atoms with E-state index in [0.29, 0.717) is 12.1 Å². The first-order valence-electron chi connectivity index (χ1n) is 8.42. The molecule has 2 N–H and O–H groups in total. The Morgan fingerprint density at radius 1 is 1.10 bits per heavy atom. The van der Waals surface area contributed by atoms with Crippen molar-refractivity contribution in [1.82, 2.24) is 10.6 Å². The molecule has 0 unspecified atom stereocenters. The van der Waals surface area contributed by atoms with Gasteiger partial charge < -0.3 is 10.6 Å². The molecule has 0 heterocycles. The summed E-state index contributed by atoms with van der Waals surface area (Å²) in [6.45, 7) is 3.19. The summed E-state index contributed by atoms with van der Waals surface area (Å²) in [5, 5.41) is 6.73. The second-order valence-corrected chi connectivity index (χ2v) is 6.42. The van der Waals surface area contributed by atoms with Gasteiger partial charge in [0.05, 0.1) is 0 Å². The van der Waals surface area contributed by atoms with E-state index >= 15 is 0 Å². The lowest BCUT2D eigenvalue weighted by Gasteiger charge is -2.29. The molecule has 1 aromatic carbocycles. The molecule has 3 nitrogen and oxygen atoms in total. The molecule has 3 heteroatoms. The number of hydrogen-bond acceptors (Lipinski definition) is 2. The first-order chi connectivity index (χ1) is 10.3. The topological polar surface area (TPSA) is 41.1 Å². The van der Waals surface area contributed by atoms with Crippen LogP contribution in [-0.4, -0.2) is 24.5 Å². The van der Waals surface area contributed by atoms with Gasteiger partial charge in [-0.3, -0.25) is 4.79 Å². The molecule has 1 saturated carbocycles. The van der Waals surface area contributed by atoms with Crippen LogP contribution < -0.4 is 10.6 Å². The van der Waals surface area contributed by atoms with Crippen LogP contribution in [0.2, 0.25) is 0 Å². The average molecular weight is 286 g/mol. The Hall–Kier alpha value is -1.35. The zero-order chi connectivity index (χ0) is 14.7. The zero-order valence-corrected chi connectivity index (χ0v) is 13.0. The van der Waals surface area contributed by atoms with Crippen molar-refractivity contribution >= 4 is 5.91 Å². The van der Waals surface area contributed by atoms with Gasteiger partial charge in [-0.05, 0) is 74.8 Å². The molecule has 114 valence electrons. The van der Waals surface area contributed by atoms with Gasteiger partial charge in [0, 0.05) is 17.6 Å². The monoisotopic (exact) mass is 286 g/mol. The van der Waals surface area contributed by atoms with Crippen molar-refractivity contribution in [2.45, 2.75) is 64.0 Å². The first kappa shape index (κ1) is 14.6. The molecule has 0 atom stereocenters. The predicted molar refractivity (Wildman–Crippen MR) is 85.7 cm³/mol. The van der Waals surface area contributed by atoms with Crippen molar-refractivity contribution in [3.05, 3.63) is 34.9 Å². The van der Waals surface area contributed by atoms with Crippen LogP contribution >= 0.6 is 0 Å². The fourth-order valence-electron chi connectivity index (χ4n) is 3.71. The normalized spacial score (nSPS) is 24.6. The summed E-state index contributed by atoms with van der Waals surface area (Å²) in [4.78, 5) is 12.4. The molecule has 0 aromatic heterocycles. The summed E-state index contributed by atoms with van der Waals surface area (Å²) >= 11 is 0. The molecule has 0 radical (unpaired) electrons. The molecular weight excluding hydrogens is 260 g/mol. The van der Waals surface area contributed by atoms with Gasteiger partial charge in [0.25, 0.3) is 5.91 Å². The van der Waals surface area contributed by atoms with Gasteiger partial charge in [-0.2, -0.15) is 0 Å². The third kappa shape index (κ3) is 3.46. The zero-order valence-electron chi connectivity index (χ0n) is 13.0. The smallest absolute Gasteiger partial charge is 0.251 e. The van der Waals surface area contributed by atoms with Crippen LogP contribution in [0.4, 0.5) is 0 Å². The molecular formula is C18H26N2O. The number of amides is 1. The number of aryl methyl sites for hydroxylation is 2. The highest BCUT2D eigenvalue weighted by molar-refractivity contribution is 5.94. The minimum Gasteiger partial charge on any atom is -0.349 e. The van der Waals surface area contributed by atoms with E-state index in [-0.39, 0.29) is 5.91 Å². The fourth-order valence-corrected chi connectivity index (χ4v) is 3.71. The van der Waals surface area contributed by atoms with E-state index in [9.17, 15) is 4.79 Å². The SMILES string of the molecule is CCNC1CCC(NC(=O)c2ccc3c(c2)CCC3)CC1. The lowest BCUT2D eigenvalue weighted by Crippen LogP contribution is -2.42. The van der Waals surface area contributed by atoms with Crippen molar-refractivity contribution in [3.63, 3.8) is 0 Å². The summed E-state index contributed by atoms with van der Waals surface area (Å²) in [7, 11) is 0. The Morgan fingerprint density at radius 3 is 2.57 bits per heavy atom. The van der Waals surface area contributed by atoms with Crippen LogP contribution in [-0.2, 0) is 12.8 Å². The van der Waals surface area contributed by atoms with Crippen molar-refractivity contribution in [2.75, 3.05) is 6.54 Å². The molecule has 2 aliphatic rings. The predicted octanol–water partition coefficient (Wildman–Crippen LogP) is 2.83. The number of hydrogen-bond donors (Lipinski definition) is 2. The Bertz CT molecular complexity index is 504. The van der Waals surface area contributed by atoms with Crippen LogP contribution in [0.1, 0.15) is 60.5 Å². The van der Waals surface area contributed by atoms with E-state index in [1.54, 1.807) is 0 Å². The van der Waals surface area contributed by atoms with Gasteiger partial charge in [0.1, 0.15) is 0 Å². The number of fused-ring (bicyclic) bond motifs is 1. The number of rotatable bonds is 4. The number of nitrogens with one attached hydrogen (secondary N) is 2. The summed E-state index contributed by atoms with van der Waals surface area (Å²) in [6, 6.07) is 7.22. The third-order valence-corrected chi connectivity index (χ3v) is 4.92. The van der Waals surface area contributed by atoms with Gasteiger partial charge >= 0.3 is 0 Å². The Morgan fingerprint density at radius 2 is 1.81 bits per heavy atom. The van der Waals surface area contributed by atoms with Crippen LogP contribution in [0.15, 0.2) is 18.2 Å². The van der Waals surface area contributed by atoms with E-state index < -0.39 is 0 Å². The third-order valence-electron chi connectivity index (χ3n) is 4.92. The molecule has 1 aromatic rings. The van der Waals surface area contributed by atoms with Gasteiger partial charge in [-0.1, -0.05) is 13.0 Å². The molecule has 0 aliphatic heterocycles. The quantitative estimate of drug-likeness (QED) is 0.893. The maximum Gasteiger partial charge on any atom is 0.251 e. The first-order valence-corrected chi connectivity index (χ1v) is 8.42. The summed E-state index contributed by atoms with van der Waals surface area (Å²) in [5.74, 6) is 0.108. The van der Waals surface area contributed by atoms with Gasteiger partial charge in [-0.25, -0.2) is 0 Å². The van der Waals surface area contributed by atoms with Crippen molar-refractivity contribution in [1.29, 1.82) is 0 Å². The highest BCUT2D eigenvalue weighted by Crippen LogP contribution is 2.23. The number of carbonyl (C=O) groups excluding carboxylic acids is 1. The van der Waals surface area contributed by atoms with E-state index in [1.807, 2.05) is 6.07 Å². The lowest BCUT2D eigenvalue weighted by atomic mass is 9.91. The van der Waals surface area contributed by atoms with E-state index in [2.05, 4.69) is 29.7 Å². The Balaban J connectivity index is 1.55. The van der Waals surface area contributed by atoms with Crippen LogP contribution in [0.5, 0.6) is 0 Å². The van der Waals surface area contributed by atoms with Crippen LogP contribution in [0, 0.1) is 0 Å². The summed E-state index contributed by atoms with van der Waals surface area (Å²) < 4.78 is 0. The van der Waals surface area contributed by atoms with Crippen LogP contribution in [0.3, 0.4) is 0 Å². The minimum absolute atomic E-state index is 0.108. The largest absolute Gasteiger partial charge is 0.349 e. The molecule has 3 rings (SSSR count). The van der Waals surface area contributed by atoms with E-state index in [4.69, 9.17) is 0 Å². The maximum atomic E-state index is 12.4. The standard InChI is InChI=1S/C18H26N2O/c1-2-19-16-8-10-17(11-9-16)20-18(21)15-7-6-13-4-3-5-14(13)12-15/h6-7,12,16-17,19H,2-5,8-11H2,1H3,(H,20,21). The van der Waals surface area contributed by atoms with E-state index in [1.165, 1.54) is 36.8 Å². The molecule has 21 heavy (non-hydrogen) atoms. The highest BCUT2D eigenvalue weighted by atomic mass is 16.1. The van der Waals surface area contributed by atoms with Gasteiger partial charge in [0.15, 0.2) is 0 Å². The van der Waals surface area contributed by atoms with Crippen molar-refractivity contribution in [2.24, 2.45) is 0 Å². The Labute approximate surface area is 127 Å². The molecule has 1 fully saturated rings. The minimum atomic E-state index is 0.108. The summed E-state index contributed by atoms with van der Waals surface area (Å²) in [6.07, 6.45) is 8.05.